The average molecular weight is 424 g/mol. The second-order valence-corrected chi connectivity index (χ2v) is 8.52. The minimum absolute atomic E-state index is 0.109. The third kappa shape index (κ3) is 4.33. The number of benzene rings is 1. The lowest BCUT2D eigenvalue weighted by atomic mass is 9.89. The molecule has 2 aromatic heterocycles. The topological polar surface area (TPSA) is 101 Å². The first kappa shape index (κ1) is 20.1. The van der Waals surface area contributed by atoms with Crippen molar-refractivity contribution in [2.24, 2.45) is 0 Å². The highest BCUT2D eigenvalue weighted by Gasteiger charge is 2.28. The van der Waals surface area contributed by atoms with Gasteiger partial charge in [0.25, 0.3) is 0 Å². The van der Waals surface area contributed by atoms with Gasteiger partial charge >= 0.3 is 0 Å². The largest absolute Gasteiger partial charge is 0.497 e. The van der Waals surface area contributed by atoms with E-state index in [4.69, 9.17) is 9.72 Å². The van der Waals surface area contributed by atoms with Crippen molar-refractivity contribution in [1.82, 2.24) is 29.9 Å². The first-order valence-corrected chi connectivity index (χ1v) is 11.1. The van der Waals surface area contributed by atoms with Crippen LogP contribution >= 0.6 is 0 Å². The lowest BCUT2D eigenvalue weighted by Crippen LogP contribution is -2.45. The van der Waals surface area contributed by atoms with Gasteiger partial charge < -0.3 is 20.1 Å². The van der Waals surface area contributed by atoms with Gasteiger partial charge in [-0.1, -0.05) is 5.21 Å². The smallest absolute Gasteiger partial charge is 0.225 e. The van der Waals surface area contributed by atoms with Gasteiger partial charge in [0, 0.05) is 25.2 Å². The zero-order valence-electron chi connectivity index (χ0n) is 17.8. The summed E-state index contributed by atoms with van der Waals surface area (Å²) < 4.78 is 6.96. The van der Waals surface area contributed by atoms with E-state index < -0.39 is 0 Å². The van der Waals surface area contributed by atoms with Crippen LogP contribution in [0, 0.1) is 0 Å². The van der Waals surface area contributed by atoms with Crippen molar-refractivity contribution in [2.45, 2.75) is 56.7 Å². The molecule has 0 amide bonds. The summed E-state index contributed by atoms with van der Waals surface area (Å²) in [5.41, 5.74) is 2.22. The molecule has 0 spiro atoms. The number of piperidine rings is 1. The Hall–Kier alpha value is -2.78. The van der Waals surface area contributed by atoms with Gasteiger partial charge in [-0.15, -0.1) is 5.10 Å². The summed E-state index contributed by atoms with van der Waals surface area (Å²) in [4.78, 5) is 11.7. The molecule has 3 heterocycles. The molecule has 2 fully saturated rings. The molecule has 1 aliphatic heterocycles. The van der Waals surface area contributed by atoms with Crippen LogP contribution in [0.5, 0.6) is 5.75 Å². The van der Waals surface area contributed by atoms with E-state index >= 15 is 0 Å². The molecule has 164 valence electrons. The van der Waals surface area contributed by atoms with E-state index in [2.05, 4.69) is 25.5 Å². The van der Waals surface area contributed by atoms with Crippen LogP contribution in [0.1, 0.15) is 38.5 Å². The molecule has 2 N–H and O–H groups in total. The van der Waals surface area contributed by atoms with Gasteiger partial charge in [-0.3, -0.25) is 0 Å². The summed E-state index contributed by atoms with van der Waals surface area (Å²) in [6.07, 6.45) is 7.96. The number of methoxy groups -OCH3 is 1. The molecule has 1 aliphatic carbocycles. The van der Waals surface area contributed by atoms with E-state index in [-0.39, 0.29) is 6.10 Å². The van der Waals surface area contributed by atoms with Crippen LogP contribution in [0.2, 0.25) is 0 Å². The number of hydrogen-bond donors (Lipinski definition) is 2. The van der Waals surface area contributed by atoms with Gasteiger partial charge in [0.05, 0.1) is 25.1 Å². The minimum Gasteiger partial charge on any atom is -0.497 e. The fourth-order valence-electron chi connectivity index (χ4n) is 4.71. The summed E-state index contributed by atoms with van der Waals surface area (Å²) in [7, 11) is 1.65. The zero-order valence-corrected chi connectivity index (χ0v) is 17.8. The van der Waals surface area contributed by atoms with Crippen LogP contribution in [-0.2, 0) is 0 Å². The number of fused-ring (bicyclic) bond motifs is 1. The number of rotatable bonds is 5. The Bertz CT molecular complexity index is 1010. The summed E-state index contributed by atoms with van der Waals surface area (Å²) in [6.45, 7) is 2.04. The van der Waals surface area contributed by atoms with Crippen molar-refractivity contribution in [3.05, 3.63) is 30.5 Å². The molecule has 0 unspecified atom stereocenters. The monoisotopic (exact) mass is 423 g/mol. The Morgan fingerprint density at radius 3 is 2.48 bits per heavy atom. The van der Waals surface area contributed by atoms with Crippen molar-refractivity contribution < 1.29 is 9.84 Å². The number of aromatic nitrogens is 5. The number of aliphatic hydroxyl groups excluding tert-OH is 1. The Morgan fingerprint density at radius 1 is 1.03 bits per heavy atom. The van der Waals surface area contributed by atoms with E-state index in [9.17, 15) is 5.11 Å². The Labute approximate surface area is 181 Å². The molecule has 31 heavy (non-hydrogen) atoms. The quantitative estimate of drug-likeness (QED) is 0.645. The third-order valence-electron chi connectivity index (χ3n) is 6.55. The normalized spacial score (nSPS) is 23.2. The summed E-state index contributed by atoms with van der Waals surface area (Å²) >= 11 is 0. The van der Waals surface area contributed by atoms with Gasteiger partial charge in [-0.05, 0) is 62.8 Å². The molecule has 0 bridgehead atoms. The van der Waals surface area contributed by atoms with Gasteiger partial charge in [0.1, 0.15) is 5.75 Å². The maximum atomic E-state index is 9.74. The van der Waals surface area contributed by atoms with Crippen LogP contribution in [0.15, 0.2) is 30.5 Å². The third-order valence-corrected chi connectivity index (χ3v) is 6.55. The molecule has 9 nitrogen and oxygen atoms in total. The highest BCUT2D eigenvalue weighted by molar-refractivity contribution is 5.72. The Kier molecular flexibility index (Phi) is 5.69. The molecular weight excluding hydrogens is 394 g/mol. The van der Waals surface area contributed by atoms with E-state index in [1.54, 1.807) is 18.0 Å². The molecule has 3 aromatic rings. The highest BCUT2D eigenvalue weighted by Crippen LogP contribution is 2.27. The van der Waals surface area contributed by atoms with Gasteiger partial charge in [0.15, 0.2) is 11.2 Å². The number of likely N-dealkylation sites (tertiary alicyclic amines) is 1. The lowest BCUT2D eigenvalue weighted by molar-refractivity contribution is 0.0495. The maximum absolute atomic E-state index is 9.74. The molecule has 2 aliphatic rings. The Morgan fingerprint density at radius 2 is 1.77 bits per heavy atom. The molecular formula is C22H29N7O2. The highest BCUT2D eigenvalue weighted by atomic mass is 16.5. The fraction of sp³-hybridized carbons (Fsp3) is 0.545. The molecule has 5 rings (SSSR count). The van der Waals surface area contributed by atoms with Crippen molar-refractivity contribution in [2.75, 3.05) is 25.5 Å². The van der Waals surface area contributed by atoms with Gasteiger partial charge in [-0.2, -0.15) is 9.67 Å². The average Bonchev–Trinajstić information content (AvgIpc) is 3.23. The van der Waals surface area contributed by atoms with Crippen LogP contribution < -0.4 is 10.1 Å². The SMILES string of the molecule is COc1ccc(-n2nnc3cnc(N[C@H]4CC[C@@H](N5CCC(O)CC5)CC4)nc32)cc1. The predicted octanol–water partition coefficient (Wildman–Crippen LogP) is 2.40. The molecule has 9 heteroatoms. The number of nitrogens with one attached hydrogen (secondary N) is 1. The van der Waals surface area contributed by atoms with Crippen LogP contribution in [-0.4, -0.2) is 73.4 Å². The second kappa shape index (κ2) is 8.76. The Balaban J connectivity index is 1.25. The number of nitrogens with zero attached hydrogens (tertiary/aromatic N) is 6. The fourth-order valence-corrected chi connectivity index (χ4v) is 4.71. The van der Waals surface area contributed by atoms with Gasteiger partial charge in [0.2, 0.25) is 5.95 Å². The molecule has 1 saturated carbocycles. The summed E-state index contributed by atoms with van der Waals surface area (Å²) in [5.74, 6) is 1.41. The van der Waals surface area contributed by atoms with Crippen molar-refractivity contribution >= 4 is 17.1 Å². The summed E-state index contributed by atoms with van der Waals surface area (Å²) in [6, 6.07) is 8.66. The van der Waals surface area contributed by atoms with E-state index in [1.807, 2.05) is 24.3 Å². The van der Waals surface area contributed by atoms with E-state index in [0.717, 1.165) is 50.2 Å². The first-order valence-electron chi connectivity index (χ1n) is 11.1. The minimum atomic E-state index is -0.109. The van der Waals surface area contributed by atoms with Crippen molar-refractivity contribution in [1.29, 1.82) is 0 Å². The van der Waals surface area contributed by atoms with E-state index in [0.29, 0.717) is 29.2 Å². The molecule has 0 atom stereocenters. The first-order chi connectivity index (χ1) is 15.2. The van der Waals surface area contributed by atoms with Crippen LogP contribution in [0.25, 0.3) is 16.9 Å². The standard InChI is InChI=1S/C22H29N7O2/c1-31-19-8-6-17(7-9-19)29-21-20(26-27-29)14-23-22(25-21)24-15-2-4-16(5-3-15)28-12-10-18(30)11-13-28/h6-9,14-16,18,30H,2-5,10-13H2,1H3,(H,23,24,25)/t15-,16+. The van der Waals surface area contributed by atoms with Crippen molar-refractivity contribution in [3.8, 4) is 11.4 Å². The molecule has 0 radical (unpaired) electrons. The number of ether oxygens (including phenoxy) is 1. The van der Waals surface area contributed by atoms with Crippen LogP contribution in [0.4, 0.5) is 5.95 Å². The van der Waals surface area contributed by atoms with Gasteiger partial charge in [-0.25, -0.2) is 4.98 Å². The number of aliphatic hydroxyl groups is 1. The number of anilines is 1. The lowest BCUT2D eigenvalue weighted by Gasteiger charge is -2.40. The second-order valence-electron chi connectivity index (χ2n) is 8.52. The maximum Gasteiger partial charge on any atom is 0.225 e. The van der Waals surface area contributed by atoms with Crippen LogP contribution in [0.3, 0.4) is 0 Å². The summed E-state index contributed by atoms with van der Waals surface area (Å²) in [5, 5.41) is 21.7. The molecule has 1 saturated heterocycles. The predicted molar refractivity (Wildman–Crippen MR) is 117 cm³/mol. The zero-order chi connectivity index (χ0) is 21.2. The molecule has 1 aromatic carbocycles. The number of hydrogen-bond acceptors (Lipinski definition) is 8. The van der Waals surface area contributed by atoms with E-state index in [1.165, 1.54) is 12.8 Å². The van der Waals surface area contributed by atoms with Crippen molar-refractivity contribution in [3.63, 3.8) is 0 Å².